The van der Waals surface area contributed by atoms with E-state index in [4.69, 9.17) is 20.9 Å². The standard InChI is InChI=1S/C20H26N6O2/c1-27-15-8-7-14(11-16(15)28-2)24-18-17(12-3-5-13(21)6-4-12)19(22)25-26-10-9-23-20(18)26/h7-13,24H,3-6,21H2,1-2H3,(H2,22,25)/t12-,13-. The molecule has 2 heterocycles. The van der Waals surface area contributed by atoms with Crippen LogP contribution >= 0.6 is 0 Å². The fraction of sp³-hybridized carbons (Fsp3) is 0.400. The Morgan fingerprint density at radius 2 is 1.86 bits per heavy atom. The number of nitrogens with zero attached hydrogens (tertiary/aromatic N) is 3. The highest BCUT2D eigenvalue weighted by Gasteiger charge is 2.27. The second-order valence-corrected chi connectivity index (χ2v) is 7.18. The minimum absolute atomic E-state index is 0.267. The van der Waals surface area contributed by atoms with Crippen molar-refractivity contribution in [3.05, 3.63) is 36.2 Å². The van der Waals surface area contributed by atoms with Crippen LogP contribution in [-0.4, -0.2) is 34.9 Å². The van der Waals surface area contributed by atoms with Crippen LogP contribution in [0.5, 0.6) is 11.5 Å². The molecule has 1 aliphatic rings. The Labute approximate surface area is 163 Å². The average Bonchev–Trinajstić information content (AvgIpc) is 3.17. The van der Waals surface area contributed by atoms with Gasteiger partial charge in [0.25, 0.3) is 0 Å². The van der Waals surface area contributed by atoms with Gasteiger partial charge >= 0.3 is 0 Å². The molecule has 0 bridgehead atoms. The van der Waals surface area contributed by atoms with Crippen molar-refractivity contribution >= 4 is 22.8 Å². The van der Waals surface area contributed by atoms with Gasteiger partial charge in [-0.15, -0.1) is 5.10 Å². The first-order valence-electron chi connectivity index (χ1n) is 9.48. The molecule has 28 heavy (non-hydrogen) atoms. The van der Waals surface area contributed by atoms with Crippen molar-refractivity contribution in [2.24, 2.45) is 5.73 Å². The fourth-order valence-corrected chi connectivity index (χ4v) is 3.98. The topological polar surface area (TPSA) is 113 Å². The van der Waals surface area contributed by atoms with E-state index in [-0.39, 0.29) is 6.04 Å². The zero-order chi connectivity index (χ0) is 19.7. The minimum Gasteiger partial charge on any atom is -0.493 e. The summed E-state index contributed by atoms with van der Waals surface area (Å²) >= 11 is 0. The number of fused-ring (bicyclic) bond motifs is 1. The molecule has 148 valence electrons. The molecule has 2 aromatic heterocycles. The van der Waals surface area contributed by atoms with Crippen LogP contribution in [-0.2, 0) is 0 Å². The fourth-order valence-electron chi connectivity index (χ4n) is 3.98. The van der Waals surface area contributed by atoms with Gasteiger partial charge in [-0.3, -0.25) is 0 Å². The van der Waals surface area contributed by atoms with Crippen LogP contribution in [0.15, 0.2) is 30.6 Å². The summed E-state index contributed by atoms with van der Waals surface area (Å²) in [5, 5.41) is 8.02. The van der Waals surface area contributed by atoms with Crippen molar-refractivity contribution in [1.29, 1.82) is 0 Å². The lowest BCUT2D eigenvalue weighted by atomic mass is 9.81. The summed E-state index contributed by atoms with van der Waals surface area (Å²) in [6.45, 7) is 0. The lowest BCUT2D eigenvalue weighted by Crippen LogP contribution is -2.26. The van der Waals surface area contributed by atoms with Crippen LogP contribution in [0.25, 0.3) is 5.65 Å². The first-order valence-corrected chi connectivity index (χ1v) is 9.48. The zero-order valence-electron chi connectivity index (χ0n) is 16.2. The van der Waals surface area contributed by atoms with Crippen LogP contribution in [0.4, 0.5) is 17.2 Å². The molecule has 0 saturated heterocycles. The Balaban J connectivity index is 1.79. The molecule has 8 heteroatoms. The quantitative estimate of drug-likeness (QED) is 0.621. The van der Waals surface area contributed by atoms with Gasteiger partial charge < -0.3 is 26.3 Å². The normalized spacial score (nSPS) is 19.5. The zero-order valence-corrected chi connectivity index (χ0v) is 16.2. The average molecular weight is 382 g/mol. The maximum absolute atomic E-state index is 6.39. The van der Waals surface area contributed by atoms with E-state index in [1.807, 2.05) is 18.2 Å². The van der Waals surface area contributed by atoms with E-state index in [1.165, 1.54) is 0 Å². The van der Waals surface area contributed by atoms with Crippen molar-refractivity contribution in [1.82, 2.24) is 14.6 Å². The number of anilines is 3. The summed E-state index contributed by atoms with van der Waals surface area (Å²) < 4.78 is 12.5. The van der Waals surface area contributed by atoms with Crippen LogP contribution in [0.1, 0.15) is 37.2 Å². The van der Waals surface area contributed by atoms with E-state index in [0.29, 0.717) is 23.2 Å². The van der Waals surface area contributed by atoms with E-state index in [0.717, 1.165) is 48.3 Å². The molecular weight excluding hydrogens is 356 g/mol. The highest BCUT2D eigenvalue weighted by atomic mass is 16.5. The van der Waals surface area contributed by atoms with Crippen molar-refractivity contribution in [2.45, 2.75) is 37.6 Å². The van der Waals surface area contributed by atoms with E-state index >= 15 is 0 Å². The number of nitrogen functional groups attached to an aromatic ring is 1. The number of nitrogens with one attached hydrogen (secondary N) is 1. The summed E-state index contributed by atoms with van der Waals surface area (Å²) in [5.41, 5.74) is 16.0. The molecule has 0 radical (unpaired) electrons. The van der Waals surface area contributed by atoms with Gasteiger partial charge in [-0.05, 0) is 43.7 Å². The van der Waals surface area contributed by atoms with Crippen molar-refractivity contribution in [3.8, 4) is 11.5 Å². The van der Waals surface area contributed by atoms with Crippen molar-refractivity contribution < 1.29 is 9.47 Å². The highest BCUT2D eigenvalue weighted by Crippen LogP contribution is 2.41. The molecule has 1 saturated carbocycles. The third kappa shape index (κ3) is 3.31. The number of benzene rings is 1. The van der Waals surface area contributed by atoms with Crippen LogP contribution in [0, 0.1) is 0 Å². The van der Waals surface area contributed by atoms with Gasteiger partial charge in [-0.25, -0.2) is 9.50 Å². The maximum atomic E-state index is 6.39. The number of nitrogens with two attached hydrogens (primary N) is 2. The molecule has 0 unspecified atom stereocenters. The summed E-state index contributed by atoms with van der Waals surface area (Å²) in [6, 6.07) is 5.98. The van der Waals surface area contributed by atoms with E-state index in [1.54, 1.807) is 31.1 Å². The molecule has 8 nitrogen and oxygen atoms in total. The lowest BCUT2D eigenvalue weighted by Gasteiger charge is -2.28. The molecule has 5 N–H and O–H groups in total. The summed E-state index contributed by atoms with van der Waals surface area (Å²) in [7, 11) is 3.24. The summed E-state index contributed by atoms with van der Waals surface area (Å²) in [4.78, 5) is 4.50. The molecule has 0 amide bonds. The monoisotopic (exact) mass is 382 g/mol. The molecule has 1 aliphatic carbocycles. The second-order valence-electron chi connectivity index (χ2n) is 7.18. The predicted molar refractivity (Wildman–Crippen MR) is 109 cm³/mol. The molecule has 0 atom stereocenters. The molecule has 1 aromatic carbocycles. The second kappa shape index (κ2) is 7.55. The Morgan fingerprint density at radius 1 is 1.11 bits per heavy atom. The molecular formula is C20H26N6O2. The largest absolute Gasteiger partial charge is 0.493 e. The van der Waals surface area contributed by atoms with Gasteiger partial charge in [0.1, 0.15) is 5.82 Å². The predicted octanol–water partition coefficient (Wildman–Crippen LogP) is 3.06. The number of hydrogen-bond donors (Lipinski definition) is 3. The molecule has 1 fully saturated rings. The SMILES string of the molecule is COc1ccc(Nc2c3nccn3nc(N)c2[C@H]2CC[C@H](N)CC2)cc1OC. The number of rotatable bonds is 5. The Hall–Kier alpha value is -3.00. The number of aromatic nitrogens is 3. The molecule has 3 aromatic rings. The summed E-state index contributed by atoms with van der Waals surface area (Å²) in [5.74, 6) is 2.15. The van der Waals surface area contributed by atoms with E-state index < -0.39 is 0 Å². The van der Waals surface area contributed by atoms with Crippen molar-refractivity contribution in [2.75, 3.05) is 25.3 Å². The summed E-state index contributed by atoms with van der Waals surface area (Å²) in [6.07, 6.45) is 7.47. The number of ether oxygens (including phenoxy) is 2. The van der Waals surface area contributed by atoms with Gasteiger partial charge in [-0.1, -0.05) is 0 Å². The first kappa shape index (κ1) is 18.4. The first-order chi connectivity index (χ1) is 13.6. The Morgan fingerprint density at radius 3 is 2.57 bits per heavy atom. The van der Waals surface area contributed by atoms with Crippen molar-refractivity contribution in [3.63, 3.8) is 0 Å². The van der Waals surface area contributed by atoms with E-state index in [9.17, 15) is 0 Å². The van der Waals surface area contributed by atoms with Gasteiger partial charge in [0.15, 0.2) is 17.1 Å². The van der Waals surface area contributed by atoms with Crippen LogP contribution in [0.3, 0.4) is 0 Å². The number of imidazole rings is 1. The maximum Gasteiger partial charge on any atom is 0.177 e. The third-order valence-corrected chi connectivity index (χ3v) is 5.44. The minimum atomic E-state index is 0.267. The van der Waals surface area contributed by atoms with Gasteiger partial charge in [0, 0.05) is 35.8 Å². The van der Waals surface area contributed by atoms with Gasteiger partial charge in [-0.2, -0.15) is 0 Å². The number of hydrogen-bond acceptors (Lipinski definition) is 7. The number of methoxy groups -OCH3 is 2. The van der Waals surface area contributed by atoms with Gasteiger partial charge in [0.2, 0.25) is 0 Å². The van der Waals surface area contributed by atoms with Crippen LogP contribution < -0.4 is 26.3 Å². The third-order valence-electron chi connectivity index (χ3n) is 5.44. The Kier molecular flexibility index (Phi) is 4.95. The smallest absolute Gasteiger partial charge is 0.177 e. The molecule has 0 aliphatic heterocycles. The van der Waals surface area contributed by atoms with E-state index in [2.05, 4.69) is 15.4 Å². The molecule has 4 rings (SSSR count). The lowest BCUT2D eigenvalue weighted by molar-refractivity contribution is 0.355. The molecule has 0 spiro atoms. The highest BCUT2D eigenvalue weighted by molar-refractivity contribution is 5.81. The van der Waals surface area contributed by atoms with Crippen LogP contribution in [0.2, 0.25) is 0 Å². The Bertz CT molecular complexity index is 978. The van der Waals surface area contributed by atoms with Gasteiger partial charge in [0.05, 0.1) is 19.9 Å².